The maximum Gasteiger partial charge on any atom is 0.125 e. The van der Waals surface area contributed by atoms with Crippen LogP contribution in [0.1, 0.15) is 18.9 Å². The van der Waals surface area contributed by atoms with Crippen LogP contribution in [-0.4, -0.2) is 22.3 Å². The van der Waals surface area contributed by atoms with Crippen LogP contribution in [0.3, 0.4) is 0 Å². The Labute approximate surface area is 109 Å². The molecule has 1 aromatic rings. The molecular weight excluding hydrogens is 261 g/mol. The Kier molecular flexibility index (Phi) is 6.09. The van der Waals surface area contributed by atoms with E-state index in [9.17, 15) is 8.60 Å². The molecule has 0 bridgehead atoms. The van der Waals surface area contributed by atoms with Crippen molar-refractivity contribution in [1.29, 1.82) is 0 Å². The van der Waals surface area contributed by atoms with Crippen molar-refractivity contribution in [3.8, 4) is 0 Å². The minimum absolute atomic E-state index is 0.251. The molecule has 0 aliphatic rings. The normalized spacial score (nSPS) is 14.6. The van der Waals surface area contributed by atoms with Gasteiger partial charge in [-0.2, -0.15) is 0 Å². The lowest BCUT2D eigenvalue weighted by Gasteiger charge is -2.13. The van der Waals surface area contributed by atoms with Crippen molar-refractivity contribution in [1.82, 2.24) is 5.32 Å². The highest BCUT2D eigenvalue weighted by atomic mass is 35.5. The zero-order chi connectivity index (χ0) is 12.8. The SMILES string of the molecule is CC(CCS(C)=O)NCc1cc(F)cc(Cl)c1. The van der Waals surface area contributed by atoms with Crippen molar-refractivity contribution in [3.63, 3.8) is 0 Å². The van der Waals surface area contributed by atoms with Gasteiger partial charge in [0.1, 0.15) is 5.82 Å². The molecule has 0 fully saturated rings. The molecule has 1 rings (SSSR count). The smallest absolute Gasteiger partial charge is 0.125 e. The fourth-order valence-electron chi connectivity index (χ4n) is 1.45. The first-order valence-electron chi connectivity index (χ1n) is 5.45. The zero-order valence-corrected chi connectivity index (χ0v) is 11.6. The van der Waals surface area contributed by atoms with Crippen LogP contribution in [0.2, 0.25) is 5.02 Å². The summed E-state index contributed by atoms with van der Waals surface area (Å²) in [4.78, 5) is 0. The first-order valence-corrected chi connectivity index (χ1v) is 7.56. The fraction of sp³-hybridized carbons (Fsp3) is 0.500. The number of hydrogen-bond acceptors (Lipinski definition) is 2. The topological polar surface area (TPSA) is 29.1 Å². The van der Waals surface area contributed by atoms with E-state index in [1.165, 1.54) is 12.1 Å². The molecule has 17 heavy (non-hydrogen) atoms. The third-order valence-electron chi connectivity index (χ3n) is 2.42. The lowest BCUT2D eigenvalue weighted by Crippen LogP contribution is -2.27. The molecule has 0 amide bonds. The van der Waals surface area contributed by atoms with Gasteiger partial charge in [0.15, 0.2) is 0 Å². The average Bonchev–Trinajstić information content (AvgIpc) is 2.22. The second-order valence-electron chi connectivity index (χ2n) is 4.13. The molecule has 5 heteroatoms. The van der Waals surface area contributed by atoms with Crippen LogP contribution < -0.4 is 5.32 Å². The standard InChI is InChI=1S/C12H17ClFNOS/c1-9(3-4-17(2)16)15-8-10-5-11(13)7-12(14)6-10/h5-7,9,15H,3-4,8H2,1-2H3. The predicted molar refractivity (Wildman–Crippen MR) is 71.3 cm³/mol. The highest BCUT2D eigenvalue weighted by Gasteiger charge is 2.04. The second kappa shape index (κ2) is 7.09. The van der Waals surface area contributed by atoms with Crippen LogP contribution in [0, 0.1) is 5.82 Å². The molecule has 2 unspecified atom stereocenters. The van der Waals surface area contributed by atoms with Crippen molar-refractivity contribution >= 4 is 22.4 Å². The Morgan fingerprint density at radius 1 is 1.47 bits per heavy atom. The number of hydrogen-bond donors (Lipinski definition) is 1. The van der Waals surface area contributed by atoms with E-state index in [2.05, 4.69) is 5.32 Å². The summed E-state index contributed by atoms with van der Waals surface area (Å²) in [7, 11) is -0.763. The molecule has 0 saturated carbocycles. The van der Waals surface area contributed by atoms with Gasteiger partial charge in [0, 0.05) is 40.4 Å². The summed E-state index contributed by atoms with van der Waals surface area (Å²) in [6.07, 6.45) is 2.53. The third kappa shape index (κ3) is 6.15. The fourth-order valence-corrected chi connectivity index (χ4v) is 2.38. The molecule has 0 aromatic heterocycles. The highest BCUT2D eigenvalue weighted by Crippen LogP contribution is 2.14. The van der Waals surface area contributed by atoms with Crippen LogP contribution in [0.4, 0.5) is 4.39 Å². The molecule has 2 nitrogen and oxygen atoms in total. The molecule has 2 atom stereocenters. The van der Waals surface area contributed by atoms with E-state index in [1.54, 1.807) is 12.3 Å². The number of rotatable bonds is 6. The van der Waals surface area contributed by atoms with E-state index in [4.69, 9.17) is 11.6 Å². The van der Waals surface area contributed by atoms with E-state index in [0.717, 1.165) is 12.0 Å². The Hall–Kier alpha value is -0.450. The summed E-state index contributed by atoms with van der Waals surface area (Å²) >= 11 is 5.76. The predicted octanol–water partition coefficient (Wildman–Crippen LogP) is 2.73. The summed E-state index contributed by atoms with van der Waals surface area (Å²) in [5.41, 5.74) is 0.819. The molecule has 0 saturated heterocycles. The van der Waals surface area contributed by atoms with Gasteiger partial charge in [-0.1, -0.05) is 11.6 Å². The van der Waals surface area contributed by atoms with E-state index in [-0.39, 0.29) is 11.9 Å². The highest BCUT2D eigenvalue weighted by molar-refractivity contribution is 7.84. The van der Waals surface area contributed by atoms with Crippen LogP contribution in [-0.2, 0) is 17.3 Å². The largest absolute Gasteiger partial charge is 0.310 e. The maximum absolute atomic E-state index is 13.1. The van der Waals surface area contributed by atoms with Crippen molar-refractivity contribution < 1.29 is 8.60 Å². The minimum Gasteiger partial charge on any atom is -0.310 e. The van der Waals surface area contributed by atoms with Gasteiger partial charge in [0.05, 0.1) is 0 Å². The Balaban J connectivity index is 2.41. The van der Waals surface area contributed by atoms with Crippen LogP contribution in [0.15, 0.2) is 18.2 Å². The summed E-state index contributed by atoms with van der Waals surface area (Å²) in [6, 6.07) is 4.74. The van der Waals surface area contributed by atoms with E-state index >= 15 is 0 Å². The van der Waals surface area contributed by atoms with Gasteiger partial charge in [0.2, 0.25) is 0 Å². The van der Waals surface area contributed by atoms with E-state index in [0.29, 0.717) is 17.3 Å². The van der Waals surface area contributed by atoms with Crippen LogP contribution >= 0.6 is 11.6 Å². The van der Waals surface area contributed by atoms with Gasteiger partial charge < -0.3 is 5.32 Å². The van der Waals surface area contributed by atoms with Gasteiger partial charge >= 0.3 is 0 Å². The summed E-state index contributed by atoms with van der Waals surface area (Å²) < 4.78 is 24.0. The first-order chi connectivity index (χ1) is 7.97. The molecular formula is C12H17ClFNOS. The lowest BCUT2D eigenvalue weighted by molar-refractivity contribution is 0.532. The molecule has 0 spiro atoms. The summed E-state index contributed by atoms with van der Waals surface area (Å²) in [5, 5.41) is 3.66. The van der Waals surface area contributed by atoms with Gasteiger partial charge in [-0.3, -0.25) is 4.21 Å². The molecule has 0 radical (unpaired) electrons. The van der Waals surface area contributed by atoms with Gasteiger partial charge in [-0.05, 0) is 37.1 Å². The number of benzene rings is 1. The number of halogens is 2. The zero-order valence-electron chi connectivity index (χ0n) is 10.0. The monoisotopic (exact) mass is 277 g/mol. The molecule has 1 aromatic carbocycles. The summed E-state index contributed by atoms with van der Waals surface area (Å²) in [6.45, 7) is 2.59. The third-order valence-corrected chi connectivity index (χ3v) is 3.44. The Bertz CT molecular complexity index is 380. The van der Waals surface area contributed by atoms with Crippen molar-refractivity contribution in [2.45, 2.75) is 25.9 Å². The minimum atomic E-state index is -0.763. The molecule has 96 valence electrons. The summed E-state index contributed by atoms with van der Waals surface area (Å²) in [5.74, 6) is 0.356. The molecule has 0 heterocycles. The van der Waals surface area contributed by atoms with Crippen LogP contribution in [0.25, 0.3) is 0 Å². The van der Waals surface area contributed by atoms with Crippen LogP contribution in [0.5, 0.6) is 0 Å². The van der Waals surface area contributed by atoms with Crippen molar-refractivity contribution in [3.05, 3.63) is 34.6 Å². The maximum atomic E-state index is 13.1. The van der Waals surface area contributed by atoms with Crippen molar-refractivity contribution in [2.75, 3.05) is 12.0 Å². The average molecular weight is 278 g/mol. The van der Waals surface area contributed by atoms with Gasteiger partial charge in [-0.15, -0.1) is 0 Å². The Morgan fingerprint density at radius 3 is 2.76 bits per heavy atom. The molecule has 1 N–H and O–H groups in total. The number of nitrogens with one attached hydrogen (secondary N) is 1. The quantitative estimate of drug-likeness (QED) is 0.866. The first kappa shape index (κ1) is 14.6. The van der Waals surface area contributed by atoms with Gasteiger partial charge in [0.25, 0.3) is 0 Å². The molecule has 0 aliphatic heterocycles. The lowest BCUT2D eigenvalue weighted by atomic mass is 10.2. The molecule has 0 aliphatic carbocycles. The van der Waals surface area contributed by atoms with Gasteiger partial charge in [-0.25, -0.2) is 4.39 Å². The van der Waals surface area contributed by atoms with E-state index in [1.807, 2.05) is 6.92 Å². The van der Waals surface area contributed by atoms with Crippen molar-refractivity contribution in [2.24, 2.45) is 0 Å². The Morgan fingerprint density at radius 2 is 2.18 bits per heavy atom. The second-order valence-corrected chi connectivity index (χ2v) is 6.12. The van der Waals surface area contributed by atoms with E-state index < -0.39 is 10.8 Å².